The lowest BCUT2D eigenvalue weighted by atomic mass is 10.1. The average molecular weight is 314 g/mol. The smallest absolute Gasteiger partial charge is 0.306 e. The zero-order valence-corrected chi connectivity index (χ0v) is 14.9. The molecule has 0 aliphatic carbocycles. The molecule has 0 heterocycles. The number of carbonyl (C=O) groups is 2. The van der Waals surface area contributed by atoms with Crippen molar-refractivity contribution in [3.8, 4) is 0 Å². The highest BCUT2D eigenvalue weighted by molar-refractivity contribution is 5.77. The number of unbranched alkanes of at least 4 members (excludes halogenated alkanes) is 2. The van der Waals surface area contributed by atoms with E-state index in [9.17, 15) is 9.59 Å². The van der Waals surface area contributed by atoms with Crippen molar-refractivity contribution in [2.24, 2.45) is 11.8 Å². The van der Waals surface area contributed by atoms with Gasteiger partial charge in [-0.2, -0.15) is 0 Å². The minimum atomic E-state index is -0.306. The fourth-order valence-corrected chi connectivity index (χ4v) is 2.09. The lowest BCUT2D eigenvalue weighted by Crippen LogP contribution is -2.16. The zero-order chi connectivity index (χ0) is 16.8. The van der Waals surface area contributed by atoms with Crippen LogP contribution in [0.25, 0.3) is 0 Å². The van der Waals surface area contributed by atoms with E-state index in [4.69, 9.17) is 9.47 Å². The fraction of sp³-hybridized carbons (Fsp3) is 0.889. The third-order valence-electron chi connectivity index (χ3n) is 3.69. The van der Waals surface area contributed by atoms with Crippen LogP contribution in [0, 0.1) is 11.8 Å². The highest BCUT2D eigenvalue weighted by Crippen LogP contribution is 2.10. The molecular formula is C18H34O4. The molecule has 2 atom stereocenters. The number of hydrogen-bond donors (Lipinski definition) is 0. The summed E-state index contributed by atoms with van der Waals surface area (Å²) >= 11 is 0. The normalized spacial score (nSPS) is 13.5. The van der Waals surface area contributed by atoms with E-state index in [0.717, 1.165) is 38.5 Å². The molecule has 4 heteroatoms. The predicted octanol–water partition coefficient (Wildman–Crippen LogP) is 4.51. The van der Waals surface area contributed by atoms with Gasteiger partial charge in [0.1, 0.15) is 0 Å². The maximum absolute atomic E-state index is 11.6. The third kappa shape index (κ3) is 12.7. The van der Waals surface area contributed by atoms with E-state index in [1.165, 1.54) is 0 Å². The van der Waals surface area contributed by atoms with E-state index in [0.29, 0.717) is 25.0 Å². The van der Waals surface area contributed by atoms with Crippen LogP contribution in [0.15, 0.2) is 0 Å². The van der Waals surface area contributed by atoms with Crippen LogP contribution >= 0.6 is 0 Å². The third-order valence-corrected chi connectivity index (χ3v) is 3.69. The molecule has 0 aromatic heterocycles. The van der Waals surface area contributed by atoms with E-state index in [1.807, 2.05) is 0 Å². The summed E-state index contributed by atoms with van der Waals surface area (Å²) in [4.78, 5) is 23.2. The molecule has 4 nitrogen and oxygen atoms in total. The molecule has 0 rings (SSSR count). The number of esters is 2. The van der Waals surface area contributed by atoms with Crippen LogP contribution in [0.2, 0.25) is 0 Å². The van der Waals surface area contributed by atoms with E-state index < -0.39 is 0 Å². The molecule has 0 aromatic carbocycles. The van der Waals surface area contributed by atoms with Gasteiger partial charge < -0.3 is 9.47 Å². The minimum absolute atomic E-state index is 0.114. The molecule has 0 saturated heterocycles. The first-order valence-corrected chi connectivity index (χ1v) is 8.80. The molecule has 0 N–H and O–H groups in total. The number of hydrogen-bond acceptors (Lipinski definition) is 4. The van der Waals surface area contributed by atoms with Gasteiger partial charge in [-0.25, -0.2) is 0 Å². The van der Waals surface area contributed by atoms with E-state index in [1.54, 1.807) is 0 Å². The maximum Gasteiger partial charge on any atom is 0.306 e. The van der Waals surface area contributed by atoms with Gasteiger partial charge in [0.2, 0.25) is 0 Å². The second-order valence-corrected chi connectivity index (χ2v) is 6.36. The van der Waals surface area contributed by atoms with Crippen molar-refractivity contribution in [1.82, 2.24) is 0 Å². The van der Waals surface area contributed by atoms with Gasteiger partial charge in [-0.15, -0.1) is 0 Å². The largest absolute Gasteiger partial charge is 0.465 e. The van der Waals surface area contributed by atoms with Crippen molar-refractivity contribution in [2.75, 3.05) is 13.2 Å². The second-order valence-electron chi connectivity index (χ2n) is 6.36. The molecule has 0 aliphatic rings. The molecule has 130 valence electrons. The first kappa shape index (κ1) is 20.9. The lowest BCUT2D eigenvalue weighted by Gasteiger charge is -2.12. The van der Waals surface area contributed by atoms with E-state index in [2.05, 4.69) is 27.7 Å². The molecule has 2 unspecified atom stereocenters. The van der Waals surface area contributed by atoms with Gasteiger partial charge in [-0.3, -0.25) is 9.59 Å². The summed E-state index contributed by atoms with van der Waals surface area (Å²) in [5, 5.41) is 0. The number of ether oxygens (including phenoxy) is 2. The van der Waals surface area contributed by atoms with Crippen molar-refractivity contribution in [3.63, 3.8) is 0 Å². The summed E-state index contributed by atoms with van der Waals surface area (Å²) in [6, 6.07) is 0. The summed E-state index contributed by atoms with van der Waals surface area (Å²) in [7, 11) is 0. The quantitative estimate of drug-likeness (QED) is 0.469. The van der Waals surface area contributed by atoms with Crippen LogP contribution in [0.5, 0.6) is 0 Å². The maximum atomic E-state index is 11.6. The fourth-order valence-electron chi connectivity index (χ4n) is 2.09. The summed E-state index contributed by atoms with van der Waals surface area (Å²) in [6.45, 7) is 9.34. The first-order chi connectivity index (χ1) is 10.5. The number of rotatable bonds is 13. The van der Waals surface area contributed by atoms with Crippen molar-refractivity contribution >= 4 is 11.9 Å². The van der Waals surface area contributed by atoms with Crippen LogP contribution in [0.3, 0.4) is 0 Å². The second kappa shape index (κ2) is 13.6. The van der Waals surface area contributed by atoms with Gasteiger partial charge in [-0.05, 0) is 24.7 Å². The van der Waals surface area contributed by atoms with Gasteiger partial charge in [-0.1, -0.05) is 53.4 Å². The standard InChI is InChI=1S/C18H34O4/c1-5-7-9-15(3)13-21-17(19)11-12-18(20)22-14-16(4)10-8-6-2/h15-16H,5-14H2,1-4H3. The van der Waals surface area contributed by atoms with Gasteiger partial charge in [0.05, 0.1) is 26.1 Å². The van der Waals surface area contributed by atoms with Gasteiger partial charge in [0.15, 0.2) is 0 Å². The Morgan fingerprint density at radius 2 is 1.14 bits per heavy atom. The molecular weight excluding hydrogens is 280 g/mol. The predicted molar refractivity (Wildman–Crippen MR) is 88.5 cm³/mol. The molecule has 22 heavy (non-hydrogen) atoms. The van der Waals surface area contributed by atoms with Crippen LogP contribution in [-0.2, 0) is 19.1 Å². The summed E-state index contributed by atoms with van der Waals surface area (Å²) < 4.78 is 10.4. The summed E-state index contributed by atoms with van der Waals surface area (Å²) in [6.07, 6.45) is 6.98. The highest BCUT2D eigenvalue weighted by atomic mass is 16.5. The summed E-state index contributed by atoms with van der Waals surface area (Å²) in [5.41, 5.74) is 0. The summed E-state index contributed by atoms with van der Waals surface area (Å²) in [5.74, 6) is 0.157. The topological polar surface area (TPSA) is 52.6 Å². The zero-order valence-electron chi connectivity index (χ0n) is 14.9. The minimum Gasteiger partial charge on any atom is -0.465 e. The molecule has 0 amide bonds. The molecule has 0 fully saturated rings. The lowest BCUT2D eigenvalue weighted by molar-refractivity contribution is -0.151. The average Bonchev–Trinajstić information content (AvgIpc) is 2.52. The van der Waals surface area contributed by atoms with Crippen LogP contribution in [0.4, 0.5) is 0 Å². The van der Waals surface area contributed by atoms with Gasteiger partial charge in [0, 0.05) is 0 Å². The van der Waals surface area contributed by atoms with Crippen molar-refractivity contribution in [2.45, 2.75) is 79.1 Å². The molecule has 0 bridgehead atoms. The van der Waals surface area contributed by atoms with Crippen LogP contribution in [0.1, 0.15) is 79.1 Å². The monoisotopic (exact) mass is 314 g/mol. The Kier molecular flexibility index (Phi) is 12.9. The Bertz CT molecular complexity index is 271. The van der Waals surface area contributed by atoms with Crippen LogP contribution in [-0.4, -0.2) is 25.2 Å². The first-order valence-electron chi connectivity index (χ1n) is 8.80. The molecule has 0 saturated carbocycles. The molecule has 0 radical (unpaired) electrons. The molecule has 0 spiro atoms. The Morgan fingerprint density at radius 1 is 0.773 bits per heavy atom. The Morgan fingerprint density at radius 3 is 1.45 bits per heavy atom. The molecule has 0 aromatic rings. The Hall–Kier alpha value is -1.06. The van der Waals surface area contributed by atoms with Crippen molar-refractivity contribution in [1.29, 1.82) is 0 Å². The van der Waals surface area contributed by atoms with Crippen molar-refractivity contribution in [3.05, 3.63) is 0 Å². The van der Waals surface area contributed by atoms with E-state index >= 15 is 0 Å². The van der Waals surface area contributed by atoms with Crippen LogP contribution < -0.4 is 0 Å². The van der Waals surface area contributed by atoms with E-state index in [-0.39, 0.29) is 24.8 Å². The van der Waals surface area contributed by atoms with Gasteiger partial charge in [0.25, 0.3) is 0 Å². The van der Waals surface area contributed by atoms with Gasteiger partial charge >= 0.3 is 11.9 Å². The Labute approximate surface area is 135 Å². The number of carbonyl (C=O) groups excluding carboxylic acids is 2. The Balaban J connectivity index is 3.66. The highest BCUT2D eigenvalue weighted by Gasteiger charge is 2.12. The van der Waals surface area contributed by atoms with Crippen molar-refractivity contribution < 1.29 is 19.1 Å². The molecule has 0 aliphatic heterocycles. The SMILES string of the molecule is CCCCC(C)COC(=O)CCC(=O)OCC(C)CCCC.